The highest BCUT2D eigenvalue weighted by atomic mass is 19.4. The maximum Gasteiger partial charge on any atom is 0.422 e. The number of ether oxygens (including phenoxy) is 1. The van der Waals surface area contributed by atoms with Crippen LogP contribution in [0, 0.1) is 18.9 Å². The topological polar surface area (TPSA) is 98.1 Å². The van der Waals surface area contributed by atoms with Gasteiger partial charge in [0.2, 0.25) is 18.4 Å². The van der Waals surface area contributed by atoms with Crippen LogP contribution >= 0.6 is 0 Å². The van der Waals surface area contributed by atoms with Crippen molar-refractivity contribution in [1.29, 1.82) is 0 Å². The number of hydrogen-bond acceptors (Lipinski definition) is 8. The van der Waals surface area contributed by atoms with Crippen molar-refractivity contribution in [3.05, 3.63) is 59.6 Å². The maximum absolute atomic E-state index is 14.1. The van der Waals surface area contributed by atoms with Gasteiger partial charge >= 0.3 is 6.18 Å². The van der Waals surface area contributed by atoms with Crippen LogP contribution in [-0.4, -0.2) is 114 Å². The Kier molecular flexibility index (Phi) is 8.13. The number of H-pyrrole nitrogens is 1. The number of aromatic nitrogens is 4. The number of likely N-dealkylation sites (N-methyl/N-ethyl adjacent to an activating group) is 1. The minimum atomic E-state index is -4.58. The second-order valence-corrected chi connectivity index (χ2v) is 15.4. The number of aryl methyl sites for hydroxylation is 1. The molecule has 4 aromatic rings. The first kappa shape index (κ1) is 34.2. The lowest BCUT2D eigenvalue weighted by Crippen LogP contribution is -2.70. The summed E-state index contributed by atoms with van der Waals surface area (Å²) in [7, 11) is 3.91. The van der Waals surface area contributed by atoms with Crippen molar-refractivity contribution in [1.82, 2.24) is 30.0 Å². The number of piperidine rings is 1. The molecule has 4 fully saturated rings. The minimum Gasteiger partial charge on any atom is -0.481 e. The van der Waals surface area contributed by atoms with Crippen molar-refractivity contribution in [3.63, 3.8) is 0 Å². The summed E-state index contributed by atoms with van der Waals surface area (Å²) >= 11 is 0. The molecule has 2 aromatic heterocycles. The first-order valence-electron chi connectivity index (χ1n) is 17.8. The predicted molar refractivity (Wildman–Crippen MR) is 194 cm³/mol. The van der Waals surface area contributed by atoms with E-state index in [0.29, 0.717) is 74.0 Å². The van der Waals surface area contributed by atoms with E-state index in [0.717, 1.165) is 53.3 Å². The molecule has 14 heteroatoms. The largest absolute Gasteiger partial charge is 0.481 e. The third-order valence-electron chi connectivity index (χ3n) is 11.7. The summed E-state index contributed by atoms with van der Waals surface area (Å²) in [6, 6.07) is 5.97. The van der Waals surface area contributed by atoms with Gasteiger partial charge in [-0.05, 0) is 87.5 Å². The number of carbonyl (C=O) groups excluding carboxylic acids is 1. The zero-order valence-corrected chi connectivity index (χ0v) is 29.7. The quantitative estimate of drug-likeness (QED) is 0.168. The molecule has 0 atom stereocenters. The maximum atomic E-state index is 14.1. The summed E-state index contributed by atoms with van der Waals surface area (Å²) in [6.07, 6.45) is 2.02. The van der Waals surface area contributed by atoms with E-state index in [1.54, 1.807) is 6.20 Å². The van der Waals surface area contributed by atoms with E-state index in [1.807, 2.05) is 43.0 Å². The molecule has 0 radical (unpaired) electrons. The van der Waals surface area contributed by atoms with Gasteiger partial charge in [-0.15, -0.1) is 0 Å². The lowest BCUT2D eigenvalue weighted by Gasteiger charge is -2.54. The van der Waals surface area contributed by atoms with Crippen molar-refractivity contribution in [3.8, 4) is 16.9 Å². The number of nitrogens with zero attached hydrogens (tertiary/aromatic N) is 8. The lowest BCUT2D eigenvalue weighted by molar-refractivity contribution is -0.153. The molecular weight excluding hydrogens is 671 g/mol. The smallest absolute Gasteiger partial charge is 0.422 e. The third kappa shape index (κ3) is 5.79. The van der Waals surface area contributed by atoms with Crippen LogP contribution in [0.3, 0.4) is 0 Å². The van der Waals surface area contributed by atoms with Gasteiger partial charge in [0.25, 0.3) is 0 Å². The van der Waals surface area contributed by atoms with Crippen LogP contribution in [0.1, 0.15) is 42.7 Å². The predicted octanol–water partition coefficient (Wildman–Crippen LogP) is 5.95. The molecule has 52 heavy (non-hydrogen) atoms. The highest BCUT2D eigenvalue weighted by Gasteiger charge is 2.50. The fourth-order valence-corrected chi connectivity index (χ4v) is 8.37. The Balaban J connectivity index is 1.30. The molecule has 1 amide bonds. The molecule has 5 heterocycles. The zero-order chi connectivity index (χ0) is 36.6. The Morgan fingerprint density at radius 3 is 2.48 bits per heavy atom. The Labute approximate surface area is 300 Å². The van der Waals surface area contributed by atoms with Crippen LogP contribution < -0.4 is 14.5 Å². The van der Waals surface area contributed by atoms with Gasteiger partial charge in [-0.1, -0.05) is 12.6 Å². The number of nitrogens with one attached hydrogen (secondary N) is 1. The van der Waals surface area contributed by atoms with Crippen molar-refractivity contribution in [2.75, 3.05) is 76.3 Å². The molecule has 0 bridgehead atoms. The van der Waals surface area contributed by atoms with Crippen LogP contribution in [0.15, 0.2) is 37.1 Å². The van der Waals surface area contributed by atoms with E-state index >= 15 is 0 Å². The van der Waals surface area contributed by atoms with Gasteiger partial charge in [-0.2, -0.15) is 23.3 Å². The van der Waals surface area contributed by atoms with Gasteiger partial charge in [-0.25, -0.2) is 11.6 Å². The van der Waals surface area contributed by atoms with E-state index in [9.17, 15) is 18.0 Å². The number of alkyl halides is 3. The summed E-state index contributed by atoms with van der Waals surface area (Å²) in [5.74, 6) is 1.27. The molecule has 1 N–H and O–H groups in total. The van der Waals surface area contributed by atoms with E-state index in [2.05, 4.69) is 37.5 Å². The van der Waals surface area contributed by atoms with Gasteiger partial charge < -0.3 is 24.3 Å². The molecule has 0 unspecified atom stereocenters. The van der Waals surface area contributed by atoms with Crippen molar-refractivity contribution in [2.24, 2.45) is 5.41 Å². The summed E-state index contributed by atoms with van der Waals surface area (Å²) in [5.41, 5.74) is 3.98. The molecule has 1 spiro atoms. The number of halogens is 3. The summed E-state index contributed by atoms with van der Waals surface area (Å²) in [4.78, 5) is 34.3. The normalized spacial score (nSPS) is 19.5. The lowest BCUT2D eigenvalue weighted by atomic mass is 9.72. The molecule has 1 saturated carbocycles. The third-order valence-corrected chi connectivity index (χ3v) is 11.7. The number of carbonyl (C=O) groups is 1. The van der Waals surface area contributed by atoms with Crippen LogP contribution in [0.4, 0.5) is 24.9 Å². The van der Waals surface area contributed by atoms with E-state index in [4.69, 9.17) is 21.3 Å². The van der Waals surface area contributed by atoms with Gasteiger partial charge in [0.1, 0.15) is 16.9 Å². The number of likely N-dealkylation sites (tertiary alicyclic amines) is 1. The molecule has 11 nitrogen and oxygen atoms in total. The van der Waals surface area contributed by atoms with Gasteiger partial charge in [-0.3, -0.25) is 14.8 Å². The van der Waals surface area contributed by atoms with E-state index < -0.39 is 12.8 Å². The standard InChI is InChI=1S/C38H42F3N9O2/c1-6-29(51)49-18-36(19-49)11-13-48(14-12-36)34-26-15-25(24-8-9-24)31(30-23(2)7-10-28-27(30)16-43-46-28)33(52-22-38(39,40)41)32(26)44-35(45-34)50-20-37(21-50,17-42-3)47(4)5/h6-7,10,15-16,24H,1,8-9,11-14,17-22H2,2,4-5H3,(H,43,46). The Morgan fingerprint density at radius 2 is 1.85 bits per heavy atom. The summed E-state index contributed by atoms with van der Waals surface area (Å²) in [5, 5.41) is 8.76. The first-order chi connectivity index (χ1) is 24.8. The van der Waals surface area contributed by atoms with Gasteiger partial charge in [0.15, 0.2) is 12.4 Å². The van der Waals surface area contributed by atoms with Crippen LogP contribution in [0.2, 0.25) is 0 Å². The molecule has 8 rings (SSSR count). The molecule has 3 saturated heterocycles. The highest BCUT2D eigenvalue weighted by Crippen LogP contribution is 2.53. The van der Waals surface area contributed by atoms with Crippen LogP contribution in [0.25, 0.3) is 37.8 Å². The number of hydrogen-bond donors (Lipinski definition) is 1. The van der Waals surface area contributed by atoms with Crippen molar-refractivity contribution < 1.29 is 22.7 Å². The fourth-order valence-electron chi connectivity index (χ4n) is 8.37. The number of anilines is 2. The fraction of sp³-hybridized carbons (Fsp3) is 0.500. The second kappa shape index (κ2) is 12.4. The molecule has 3 aliphatic heterocycles. The van der Waals surface area contributed by atoms with Crippen LogP contribution in [-0.2, 0) is 4.79 Å². The monoisotopic (exact) mass is 713 g/mol. The summed E-state index contributed by atoms with van der Waals surface area (Å²) < 4.78 is 48.1. The molecule has 1 aliphatic carbocycles. The Hall–Kier alpha value is -4.90. The van der Waals surface area contributed by atoms with Gasteiger partial charge in [0.05, 0.1) is 11.7 Å². The average Bonchev–Trinajstić information content (AvgIpc) is 3.82. The van der Waals surface area contributed by atoms with E-state index in [1.165, 1.54) is 6.08 Å². The van der Waals surface area contributed by atoms with Crippen molar-refractivity contribution >= 4 is 39.5 Å². The average molecular weight is 714 g/mol. The molecular formula is C38H42F3N9O2. The zero-order valence-electron chi connectivity index (χ0n) is 29.7. The highest BCUT2D eigenvalue weighted by molar-refractivity contribution is 6.06. The molecule has 272 valence electrons. The Morgan fingerprint density at radius 1 is 1.12 bits per heavy atom. The number of rotatable bonds is 9. The van der Waals surface area contributed by atoms with E-state index in [-0.39, 0.29) is 28.5 Å². The van der Waals surface area contributed by atoms with Crippen LogP contribution in [0.5, 0.6) is 5.75 Å². The molecule has 4 aliphatic rings. The van der Waals surface area contributed by atoms with Gasteiger partial charge in [0, 0.05) is 61.0 Å². The van der Waals surface area contributed by atoms with Crippen molar-refractivity contribution in [2.45, 2.75) is 50.2 Å². The number of amides is 1. The Bertz CT molecular complexity index is 2110. The number of aromatic amines is 1. The molecule has 2 aromatic carbocycles. The number of benzene rings is 2. The SMILES string of the molecule is [C-]#[N+]CC1(N(C)C)CN(c2nc(N3CCC4(CC3)CN(C(=O)C=C)C4)c3cc(C4CC4)c(-c4c(C)ccc5[nH]ncc45)c(OCC(F)(F)F)c3n2)C1. The summed E-state index contributed by atoms with van der Waals surface area (Å²) in [6.45, 7) is 15.7. The minimum absolute atomic E-state index is 0.0253. The number of fused-ring (bicyclic) bond motifs is 2. The second-order valence-electron chi connectivity index (χ2n) is 15.4. The first-order valence-corrected chi connectivity index (χ1v) is 17.8.